The molecule has 1 N–H and O–H groups in total. The molecule has 0 unspecified atom stereocenters. The van der Waals surface area contributed by atoms with Gasteiger partial charge in [0, 0.05) is 33.4 Å². The number of nitrogens with zero attached hydrogens (tertiary/aromatic N) is 4. The Balaban J connectivity index is 2.04. The van der Waals surface area contributed by atoms with Gasteiger partial charge < -0.3 is 19.7 Å². The van der Waals surface area contributed by atoms with Crippen LogP contribution in [-0.4, -0.2) is 55.4 Å². The maximum absolute atomic E-state index is 5.23. The second-order valence-corrected chi connectivity index (χ2v) is 5.26. The molecule has 1 aliphatic rings. The van der Waals surface area contributed by atoms with Crippen molar-refractivity contribution in [3.63, 3.8) is 0 Å². The predicted octanol–water partition coefficient (Wildman–Crippen LogP) is 1.56. The zero-order valence-corrected chi connectivity index (χ0v) is 13.1. The number of rotatable bonds is 7. The predicted molar refractivity (Wildman–Crippen MR) is 82.0 cm³/mol. The van der Waals surface area contributed by atoms with Crippen molar-refractivity contribution >= 4 is 11.9 Å². The van der Waals surface area contributed by atoms with Crippen molar-refractivity contribution in [3.8, 4) is 6.01 Å². The lowest BCUT2D eigenvalue weighted by Gasteiger charge is -2.31. The third-order valence-corrected chi connectivity index (χ3v) is 3.62. The van der Waals surface area contributed by atoms with Gasteiger partial charge in [-0.1, -0.05) is 6.92 Å². The molecule has 1 saturated heterocycles. The molecule has 1 aromatic heterocycles. The molecule has 7 heteroatoms. The average molecular weight is 295 g/mol. The van der Waals surface area contributed by atoms with E-state index in [-0.39, 0.29) is 0 Å². The van der Waals surface area contributed by atoms with Gasteiger partial charge in [-0.25, -0.2) is 0 Å². The topological polar surface area (TPSA) is 72.4 Å². The molecule has 0 amide bonds. The van der Waals surface area contributed by atoms with E-state index in [1.54, 1.807) is 14.2 Å². The Hall–Kier alpha value is -1.63. The van der Waals surface area contributed by atoms with Crippen molar-refractivity contribution in [2.75, 3.05) is 50.7 Å². The Morgan fingerprint density at radius 2 is 1.95 bits per heavy atom. The molecule has 0 aliphatic carbocycles. The third-order valence-electron chi connectivity index (χ3n) is 3.62. The van der Waals surface area contributed by atoms with Gasteiger partial charge in [-0.2, -0.15) is 15.0 Å². The summed E-state index contributed by atoms with van der Waals surface area (Å²) in [7, 11) is 3.34. The molecule has 0 spiro atoms. The van der Waals surface area contributed by atoms with E-state index in [1.807, 2.05) is 0 Å². The maximum Gasteiger partial charge on any atom is 0.322 e. The Kier molecular flexibility index (Phi) is 5.98. The highest BCUT2D eigenvalue weighted by Crippen LogP contribution is 2.22. The van der Waals surface area contributed by atoms with Crippen LogP contribution in [0.3, 0.4) is 0 Å². The van der Waals surface area contributed by atoms with Gasteiger partial charge >= 0.3 is 6.01 Å². The summed E-state index contributed by atoms with van der Waals surface area (Å²) < 4.78 is 10.4. The zero-order valence-electron chi connectivity index (χ0n) is 13.1. The van der Waals surface area contributed by atoms with Gasteiger partial charge in [-0.3, -0.25) is 0 Å². The molecule has 7 nitrogen and oxygen atoms in total. The minimum atomic E-state index is 0.359. The molecule has 118 valence electrons. The number of aromatic nitrogens is 3. The van der Waals surface area contributed by atoms with E-state index in [1.165, 1.54) is 0 Å². The number of hydrogen-bond donors (Lipinski definition) is 1. The van der Waals surface area contributed by atoms with E-state index in [0.29, 0.717) is 23.8 Å². The molecule has 0 aromatic carbocycles. The molecular weight excluding hydrogens is 270 g/mol. The molecule has 1 aliphatic heterocycles. The average Bonchev–Trinajstić information content (AvgIpc) is 2.53. The molecule has 0 atom stereocenters. The van der Waals surface area contributed by atoms with Crippen molar-refractivity contribution in [3.05, 3.63) is 0 Å². The van der Waals surface area contributed by atoms with Gasteiger partial charge in [0.2, 0.25) is 11.9 Å². The lowest BCUT2D eigenvalue weighted by atomic mass is 9.98. The minimum absolute atomic E-state index is 0.359. The fraction of sp³-hybridized carbons (Fsp3) is 0.786. The van der Waals surface area contributed by atoms with Crippen LogP contribution in [0.4, 0.5) is 11.9 Å². The van der Waals surface area contributed by atoms with Crippen molar-refractivity contribution < 1.29 is 9.47 Å². The summed E-state index contributed by atoms with van der Waals surface area (Å²) in [5.74, 6) is 1.90. The van der Waals surface area contributed by atoms with Crippen LogP contribution in [0.25, 0.3) is 0 Å². The molecule has 2 heterocycles. The van der Waals surface area contributed by atoms with Gasteiger partial charge in [0.15, 0.2) is 0 Å². The first-order valence-electron chi connectivity index (χ1n) is 7.54. The van der Waals surface area contributed by atoms with Crippen LogP contribution in [0, 0.1) is 5.92 Å². The summed E-state index contributed by atoms with van der Waals surface area (Å²) in [6, 6.07) is 0.359. The monoisotopic (exact) mass is 295 g/mol. The lowest BCUT2D eigenvalue weighted by Crippen LogP contribution is -2.36. The first kappa shape index (κ1) is 15.8. The van der Waals surface area contributed by atoms with Crippen LogP contribution >= 0.6 is 0 Å². The first-order chi connectivity index (χ1) is 10.3. The number of methoxy groups -OCH3 is 2. The quantitative estimate of drug-likeness (QED) is 0.818. The number of hydrogen-bond acceptors (Lipinski definition) is 7. The number of anilines is 2. The van der Waals surface area contributed by atoms with Crippen LogP contribution < -0.4 is 15.0 Å². The molecular formula is C14H25N5O2. The highest BCUT2D eigenvalue weighted by atomic mass is 16.5. The lowest BCUT2D eigenvalue weighted by molar-refractivity contribution is 0.139. The summed E-state index contributed by atoms with van der Waals surface area (Å²) in [6.45, 7) is 5.65. The van der Waals surface area contributed by atoms with Crippen LogP contribution in [0.2, 0.25) is 0 Å². The standard InChI is InChI=1S/C14H25N5O2/c1-4-7-15-12-16-13(18-14(17-12)21-3)19-8-5-11(6-9-19)10-20-2/h11H,4-10H2,1-3H3,(H,15,16,17,18). The molecule has 1 aromatic rings. The van der Waals surface area contributed by atoms with Crippen LogP contribution in [0.1, 0.15) is 26.2 Å². The van der Waals surface area contributed by atoms with Crippen molar-refractivity contribution in [1.29, 1.82) is 0 Å². The molecule has 0 saturated carbocycles. The van der Waals surface area contributed by atoms with Crippen LogP contribution in [0.15, 0.2) is 0 Å². The Bertz CT molecular complexity index is 435. The number of piperidine rings is 1. The number of ether oxygens (including phenoxy) is 2. The molecule has 21 heavy (non-hydrogen) atoms. The van der Waals surface area contributed by atoms with E-state index in [9.17, 15) is 0 Å². The largest absolute Gasteiger partial charge is 0.467 e. The summed E-state index contributed by atoms with van der Waals surface area (Å²) >= 11 is 0. The van der Waals surface area contributed by atoms with E-state index in [0.717, 1.165) is 45.5 Å². The summed E-state index contributed by atoms with van der Waals surface area (Å²) in [6.07, 6.45) is 3.21. The second kappa shape index (κ2) is 7.97. The van der Waals surface area contributed by atoms with E-state index < -0.39 is 0 Å². The smallest absolute Gasteiger partial charge is 0.322 e. The Morgan fingerprint density at radius 1 is 1.19 bits per heavy atom. The van der Waals surface area contributed by atoms with Crippen molar-refractivity contribution in [2.45, 2.75) is 26.2 Å². The maximum atomic E-state index is 5.23. The normalized spacial score (nSPS) is 16.0. The fourth-order valence-corrected chi connectivity index (χ4v) is 2.43. The van der Waals surface area contributed by atoms with Crippen molar-refractivity contribution in [1.82, 2.24) is 15.0 Å². The second-order valence-electron chi connectivity index (χ2n) is 5.26. The van der Waals surface area contributed by atoms with Gasteiger partial charge in [0.1, 0.15) is 0 Å². The third kappa shape index (κ3) is 4.42. The van der Waals surface area contributed by atoms with Crippen LogP contribution in [0.5, 0.6) is 6.01 Å². The summed E-state index contributed by atoms with van der Waals surface area (Å²) in [4.78, 5) is 15.3. The van der Waals surface area contributed by atoms with Gasteiger partial charge in [-0.15, -0.1) is 0 Å². The van der Waals surface area contributed by atoms with Crippen LogP contribution in [-0.2, 0) is 4.74 Å². The SMILES string of the molecule is CCCNc1nc(OC)nc(N2CCC(COC)CC2)n1. The van der Waals surface area contributed by atoms with Crippen molar-refractivity contribution in [2.24, 2.45) is 5.92 Å². The van der Waals surface area contributed by atoms with Gasteiger partial charge in [0.05, 0.1) is 7.11 Å². The molecule has 0 radical (unpaired) electrons. The summed E-state index contributed by atoms with van der Waals surface area (Å²) in [5.41, 5.74) is 0. The first-order valence-corrected chi connectivity index (χ1v) is 7.54. The Labute approximate surface area is 126 Å². The van der Waals surface area contributed by atoms with Gasteiger partial charge in [-0.05, 0) is 25.2 Å². The molecule has 2 rings (SSSR count). The fourth-order valence-electron chi connectivity index (χ4n) is 2.43. The Morgan fingerprint density at radius 3 is 2.57 bits per heavy atom. The minimum Gasteiger partial charge on any atom is -0.467 e. The molecule has 0 bridgehead atoms. The highest BCUT2D eigenvalue weighted by Gasteiger charge is 2.22. The summed E-state index contributed by atoms with van der Waals surface area (Å²) in [5, 5.41) is 3.19. The highest BCUT2D eigenvalue weighted by molar-refractivity contribution is 5.38. The molecule has 1 fully saturated rings. The van der Waals surface area contributed by atoms with E-state index in [2.05, 4.69) is 32.1 Å². The van der Waals surface area contributed by atoms with Gasteiger partial charge in [0.25, 0.3) is 0 Å². The number of nitrogens with one attached hydrogen (secondary N) is 1. The zero-order chi connectivity index (χ0) is 15.1. The van der Waals surface area contributed by atoms with E-state index >= 15 is 0 Å². The van der Waals surface area contributed by atoms with E-state index in [4.69, 9.17) is 9.47 Å².